The van der Waals surface area contributed by atoms with E-state index < -0.39 is 0 Å². The summed E-state index contributed by atoms with van der Waals surface area (Å²) >= 11 is 6.20. The number of pyridine rings is 1. The van der Waals surface area contributed by atoms with Gasteiger partial charge in [0.15, 0.2) is 5.96 Å². The lowest BCUT2D eigenvalue weighted by atomic mass is 10.2. The van der Waals surface area contributed by atoms with Gasteiger partial charge in [0.05, 0.1) is 12.7 Å². The van der Waals surface area contributed by atoms with Crippen molar-refractivity contribution in [2.45, 2.75) is 6.54 Å². The van der Waals surface area contributed by atoms with Crippen molar-refractivity contribution < 1.29 is 4.74 Å². The Balaban J connectivity index is 0.00000288. The molecule has 0 unspecified atom stereocenters. The van der Waals surface area contributed by atoms with Crippen molar-refractivity contribution in [3.8, 4) is 5.75 Å². The van der Waals surface area contributed by atoms with Gasteiger partial charge >= 0.3 is 0 Å². The van der Waals surface area contributed by atoms with E-state index >= 15 is 0 Å². The smallest absolute Gasteiger partial charge is 0.193 e. The molecule has 0 saturated heterocycles. The molecule has 0 bridgehead atoms. The van der Waals surface area contributed by atoms with Crippen LogP contribution in [0.5, 0.6) is 5.75 Å². The van der Waals surface area contributed by atoms with E-state index in [9.17, 15) is 0 Å². The zero-order valence-electron chi connectivity index (χ0n) is 13.8. The van der Waals surface area contributed by atoms with Crippen LogP contribution in [-0.2, 0) is 6.54 Å². The molecule has 130 valence electrons. The van der Waals surface area contributed by atoms with E-state index in [0.29, 0.717) is 19.7 Å². The van der Waals surface area contributed by atoms with Crippen molar-refractivity contribution in [1.82, 2.24) is 15.2 Å². The highest BCUT2D eigenvalue weighted by Crippen LogP contribution is 2.16. The molecular formula is C17H22ClIN4O. The van der Waals surface area contributed by atoms with Gasteiger partial charge in [0, 0.05) is 31.9 Å². The Morgan fingerprint density at radius 3 is 2.75 bits per heavy atom. The van der Waals surface area contributed by atoms with E-state index in [-0.39, 0.29) is 24.0 Å². The maximum absolute atomic E-state index is 6.20. The first-order valence-corrected chi connectivity index (χ1v) is 7.76. The molecule has 1 aromatic heterocycles. The predicted molar refractivity (Wildman–Crippen MR) is 109 cm³/mol. The monoisotopic (exact) mass is 460 g/mol. The van der Waals surface area contributed by atoms with Gasteiger partial charge in [-0.05, 0) is 23.8 Å². The van der Waals surface area contributed by atoms with Crippen LogP contribution in [0.25, 0.3) is 0 Å². The molecule has 0 amide bonds. The summed E-state index contributed by atoms with van der Waals surface area (Å²) in [5.74, 6) is 1.55. The Labute approximate surface area is 165 Å². The summed E-state index contributed by atoms with van der Waals surface area (Å²) in [6.07, 6.45) is 3.41. The van der Waals surface area contributed by atoms with Crippen LogP contribution in [0.15, 0.2) is 53.8 Å². The highest BCUT2D eigenvalue weighted by atomic mass is 127. The number of halogens is 2. The van der Waals surface area contributed by atoms with E-state index in [1.54, 1.807) is 19.4 Å². The molecular weight excluding hydrogens is 439 g/mol. The number of benzene rings is 1. The number of nitrogens with zero attached hydrogens (tertiary/aromatic N) is 3. The van der Waals surface area contributed by atoms with Crippen LogP contribution in [-0.4, -0.2) is 43.1 Å². The number of hydrogen-bond donors (Lipinski definition) is 1. The minimum atomic E-state index is 0. The molecule has 0 aliphatic heterocycles. The predicted octanol–water partition coefficient (Wildman–Crippen LogP) is 3.44. The topological polar surface area (TPSA) is 49.8 Å². The molecule has 0 saturated carbocycles. The van der Waals surface area contributed by atoms with E-state index in [1.807, 2.05) is 48.3 Å². The van der Waals surface area contributed by atoms with Crippen LogP contribution in [0, 0.1) is 0 Å². The maximum atomic E-state index is 6.20. The fourth-order valence-electron chi connectivity index (χ4n) is 2.11. The summed E-state index contributed by atoms with van der Waals surface area (Å²) in [4.78, 5) is 10.3. The first-order chi connectivity index (χ1) is 11.2. The summed E-state index contributed by atoms with van der Waals surface area (Å²) in [6.45, 7) is 1.86. The summed E-state index contributed by atoms with van der Waals surface area (Å²) < 4.78 is 5.60. The van der Waals surface area contributed by atoms with Crippen molar-refractivity contribution in [3.63, 3.8) is 0 Å². The zero-order valence-corrected chi connectivity index (χ0v) is 16.9. The molecule has 0 atom stereocenters. The third-order valence-electron chi connectivity index (χ3n) is 3.23. The van der Waals surface area contributed by atoms with Gasteiger partial charge in [0.25, 0.3) is 0 Å². The average molecular weight is 461 g/mol. The third kappa shape index (κ3) is 6.52. The fraction of sp³-hybridized carbons (Fsp3) is 0.294. The van der Waals surface area contributed by atoms with Gasteiger partial charge in [0.1, 0.15) is 12.4 Å². The first-order valence-electron chi connectivity index (χ1n) is 7.38. The number of ether oxygens (including phenoxy) is 1. The largest absolute Gasteiger partial charge is 0.490 e. The van der Waals surface area contributed by atoms with Gasteiger partial charge in [0.2, 0.25) is 0 Å². The minimum absolute atomic E-state index is 0. The Bertz CT molecular complexity index is 639. The maximum Gasteiger partial charge on any atom is 0.193 e. The number of nitrogens with one attached hydrogen (secondary N) is 1. The molecule has 1 N–H and O–H groups in total. The molecule has 0 aliphatic carbocycles. The normalized spacial score (nSPS) is 10.7. The van der Waals surface area contributed by atoms with Gasteiger partial charge < -0.3 is 15.0 Å². The van der Waals surface area contributed by atoms with Crippen LogP contribution >= 0.6 is 35.6 Å². The van der Waals surface area contributed by atoms with E-state index in [2.05, 4.69) is 15.3 Å². The summed E-state index contributed by atoms with van der Waals surface area (Å²) in [7, 11) is 3.73. The van der Waals surface area contributed by atoms with Crippen molar-refractivity contribution in [1.29, 1.82) is 0 Å². The summed E-state index contributed by atoms with van der Waals surface area (Å²) in [5.41, 5.74) is 1.06. The minimum Gasteiger partial charge on any atom is -0.490 e. The van der Waals surface area contributed by atoms with Crippen molar-refractivity contribution >= 4 is 41.5 Å². The first kappa shape index (κ1) is 20.5. The van der Waals surface area contributed by atoms with Gasteiger partial charge in [-0.25, -0.2) is 0 Å². The molecule has 7 heteroatoms. The highest BCUT2D eigenvalue weighted by Gasteiger charge is 2.08. The number of aliphatic imine (C=N–C) groups is 1. The van der Waals surface area contributed by atoms with Crippen LogP contribution < -0.4 is 10.1 Å². The highest BCUT2D eigenvalue weighted by molar-refractivity contribution is 14.0. The Hall–Kier alpha value is -1.54. The van der Waals surface area contributed by atoms with Crippen molar-refractivity contribution in [3.05, 3.63) is 59.4 Å². The molecule has 24 heavy (non-hydrogen) atoms. The lowest BCUT2D eigenvalue weighted by Crippen LogP contribution is -2.40. The van der Waals surface area contributed by atoms with Crippen LogP contribution in [0.3, 0.4) is 0 Å². The number of aromatic nitrogens is 1. The second-order valence-corrected chi connectivity index (χ2v) is 5.37. The number of rotatable bonds is 6. The average Bonchev–Trinajstić information content (AvgIpc) is 2.58. The Morgan fingerprint density at radius 1 is 1.29 bits per heavy atom. The second-order valence-electron chi connectivity index (χ2n) is 4.96. The number of hydrogen-bond acceptors (Lipinski definition) is 3. The molecule has 1 aromatic carbocycles. The third-order valence-corrected chi connectivity index (χ3v) is 3.60. The van der Waals surface area contributed by atoms with Gasteiger partial charge in [-0.2, -0.15) is 0 Å². The van der Waals surface area contributed by atoms with E-state index in [4.69, 9.17) is 16.3 Å². The molecule has 2 rings (SSSR count). The van der Waals surface area contributed by atoms with E-state index in [0.717, 1.165) is 22.3 Å². The molecule has 2 aromatic rings. The van der Waals surface area contributed by atoms with Crippen molar-refractivity contribution in [2.24, 2.45) is 4.99 Å². The Morgan fingerprint density at radius 2 is 2.08 bits per heavy atom. The molecule has 0 aliphatic rings. The molecule has 0 radical (unpaired) electrons. The summed E-state index contributed by atoms with van der Waals surface area (Å²) in [5, 5.41) is 4.03. The molecule has 5 nitrogen and oxygen atoms in total. The van der Waals surface area contributed by atoms with Crippen molar-refractivity contribution in [2.75, 3.05) is 27.2 Å². The van der Waals surface area contributed by atoms with Crippen LogP contribution in [0.1, 0.15) is 5.56 Å². The van der Waals surface area contributed by atoms with Crippen LogP contribution in [0.2, 0.25) is 5.02 Å². The SMILES string of the molecule is CN=C(NCCOc1cccnc1)N(C)Cc1ccccc1Cl.I. The van der Waals surface area contributed by atoms with Gasteiger partial charge in [-0.15, -0.1) is 24.0 Å². The standard InChI is InChI=1S/C17H21ClN4O.HI/c1-19-17(21-10-11-23-15-7-5-9-20-12-15)22(2)13-14-6-3-4-8-16(14)18;/h3-9,12H,10-11,13H2,1-2H3,(H,19,21);1H. The molecule has 1 heterocycles. The second kappa shape index (κ2) is 11.1. The fourth-order valence-corrected chi connectivity index (χ4v) is 2.30. The zero-order chi connectivity index (χ0) is 16.5. The summed E-state index contributed by atoms with van der Waals surface area (Å²) in [6, 6.07) is 11.5. The van der Waals surface area contributed by atoms with Gasteiger partial charge in [-0.1, -0.05) is 29.8 Å². The van der Waals surface area contributed by atoms with Crippen LogP contribution in [0.4, 0.5) is 0 Å². The number of guanidine groups is 1. The lowest BCUT2D eigenvalue weighted by molar-refractivity contribution is 0.318. The lowest BCUT2D eigenvalue weighted by Gasteiger charge is -2.22. The van der Waals surface area contributed by atoms with Gasteiger partial charge in [-0.3, -0.25) is 9.98 Å². The molecule has 0 spiro atoms. The molecule has 0 fully saturated rings. The quantitative estimate of drug-likeness (QED) is 0.311. The Kier molecular flexibility index (Phi) is 9.48. The van der Waals surface area contributed by atoms with E-state index in [1.165, 1.54) is 0 Å².